The summed E-state index contributed by atoms with van der Waals surface area (Å²) in [5, 5.41) is 9.39. The lowest BCUT2D eigenvalue weighted by atomic mass is 9.82. The van der Waals surface area contributed by atoms with E-state index in [1.807, 2.05) is 24.3 Å². The Hall–Kier alpha value is -2.83. The maximum Gasteiger partial charge on any atom is 0.307 e. The van der Waals surface area contributed by atoms with Crippen molar-refractivity contribution in [2.75, 3.05) is 6.61 Å². The standard InChI is InChI=1S/C21H26N2O5/c1-21(2,3)14-6-8-15(9-7-14)28-11-16(24)22-23-19(25)17-12-4-5-13(10-12)18(17)20(26)27/h4-9,12-13,17-18H,10-11H2,1-3H3,(H,22,24)(H,23,25)(H,26,27)/t12-,13-,17-,18-/m0/s1. The minimum atomic E-state index is -0.981. The number of amides is 2. The average Bonchev–Trinajstić information content (AvgIpc) is 3.25. The Balaban J connectivity index is 1.47. The summed E-state index contributed by atoms with van der Waals surface area (Å²) in [5.74, 6) is -3.05. The van der Waals surface area contributed by atoms with Crippen LogP contribution in [0.15, 0.2) is 36.4 Å². The number of hydrogen-bond acceptors (Lipinski definition) is 4. The summed E-state index contributed by atoms with van der Waals surface area (Å²) < 4.78 is 5.43. The van der Waals surface area contributed by atoms with Crippen LogP contribution in [0.3, 0.4) is 0 Å². The number of nitrogens with one attached hydrogen (secondary N) is 2. The smallest absolute Gasteiger partial charge is 0.307 e. The molecule has 0 aromatic heterocycles. The maximum atomic E-state index is 12.4. The zero-order valence-corrected chi connectivity index (χ0v) is 16.3. The van der Waals surface area contributed by atoms with Crippen LogP contribution in [0.1, 0.15) is 32.8 Å². The normalized spacial score (nSPS) is 25.4. The number of benzene rings is 1. The van der Waals surface area contributed by atoms with Gasteiger partial charge >= 0.3 is 5.97 Å². The molecule has 2 aliphatic rings. The van der Waals surface area contributed by atoms with Gasteiger partial charge in [-0.2, -0.15) is 0 Å². The van der Waals surface area contributed by atoms with Gasteiger partial charge < -0.3 is 9.84 Å². The molecule has 1 aromatic rings. The fourth-order valence-electron chi connectivity index (χ4n) is 3.97. The Morgan fingerprint density at radius 1 is 1.04 bits per heavy atom. The number of fused-ring (bicyclic) bond motifs is 2. The highest BCUT2D eigenvalue weighted by molar-refractivity contribution is 5.88. The monoisotopic (exact) mass is 386 g/mol. The van der Waals surface area contributed by atoms with Crippen molar-refractivity contribution in [2.24, 2.45) is 23.7 Å². The van der Waals surface area contributed by atoms with Gasteiger partial charge in [-0.15, -0.1) is 0 Å². The summed E-state index contributed by atoms with van der Waals surface area (Å²) in [7, 11) is 0. The molecule has 1 aromatic carbocycles. The van der Waals surface area contributed by atoms with E-state index < -0.39 is 29.6 Å². The Morgan fingerprint density at radius 2 is 1.64 bits per heavy atom. The van der Waals surface area contributed by atoms with Gasteiger partial charge in [-0.05, 0) is 41.4 Å². The molecular weight excluding hydrogens is 360 g/mol. The molecule has 0 radical (unpaired) electrons. The molecule has 0 unspecified atom stereocenters. The van der Waals surface area contributed by atoms with E-state index in [0.29, 0.717) is 12.2 Å². The van der Waals surface area contributed by atoms with Gasteiger partial charge in [0.25, 0.3) is 5.91 Å². The quantitative estimate of drug-likeness (QED) is 0.531. The van der Waals surface area contributed by atoms with Gasteiger partial charge in [0.05, 0.1) is 11.8 Å². The third kappa shape index (κ3) is 4.18. The molecule has 3 rings (SSSR count). The van der Waals surface area contributed by atoms with E-state index in [0.717, 1.165) is 5.56 Å². The molecule has 3 N–H and O–H groups in total. The van der Waals surface area contributed by atoms with E-state index in [1.54, 1.807) is 12.1 Å². The van der Waals surface area contributed by atoms with E-state index >= 15 is 0 Å². The lowest BCUT2D eigenvalue weighted by Crippen LogP contribution is -2.49. The molecule has 150 valence electrons. The molecule has 2 aliphatic carbocycles. The number of allylic oxidation sites excluding steroid dienone is 2. The first-order valence-electron chi connectivity index (χ1n) is 9.40. The molecule has 7 heteroatoms. The number of carboxylic acid groups (broad SMARTS) is 1. The first kappa shape index (κ1) is 19.9. The predicted molar refractivity (Wildman–Crippen MR) is 102 cm³/mol. The molecule has 4 atom stereocenters. The van der Waals surface area contributed by atoms with Gasteiger partial charge in [-0.3, -0.25) is 25.2 Å². The molecule has 2 amide bonds. The number of hydrazine groups is 1. The third-order valence-electron chi connectivity index (χ3n) is 5.46. The lowest BCUT2D eigenvalue weighted by Gasteiger charge is -2.23. The van der Waals surface area contributed by atoms with Crippen molar-refractivity contribution in [1.82, 2.24) is 10.9 Å². The maximum absolute atomic E-state index is 12.4. The SMILES string of the molecule is CC(C)(C)c1ccc(OCC(=O)NNC(=O)[C@@H]2[C@@H](C(=O)O)[C@H]3C=C[C@H]2C3)cc1. The van der Waals surface area contributed by atoms with Crippen LogP contribution in [0, 0.1) is 23.7 Å². The van der Waals surface area contributed by atoms with E-state index in [4.69, 9.17) is 4.74 Å². The second-order valence-electron chi connectivity index (χ2n) is 8.44. The molecule has 28 heavy (non-hydrogen) atoms. The first-order valence-corrected chi connectivity index (χ1v) is 9.40. The summed E-state index contributed by atoms with van der Waals surface area (Å²) >= 11 is 0. The second-order valence-corrected chi connectivity index (χ2v) is 8.44. The number of carboxylic acids is 1. The van der Waals surface area contributed by atoms with E-state index in [2.05, 4.69) is 31.6 Å². The molecule has 0 spiro atoms. The molecule has 0 heterocycles. The van der Waals surface area contributed by atoms with Crippen molar-refractivity contribution in [2.45, 2.75) is 32.6 Å². The van der Waals surface area contributed by atoms with Gasteiger partial charge in [-0.1, -0.05) is 45.1 Å². The number of hydrogen-bond donors (Lipinski definition) is 3. The number of carbonyl (C=O) groups excluding carboxylic acids is 2. The largest absolute Gasteiger partial charge is 0.484 e. The van der Waals surface area contributed by atoms with Crippen LogP contribution < -0.4 is 15.6 Å². The van der Waals surface area contributed by atoms with E-state index in [-0.39, 0.29) is 23.9 Å². The minimum absolute atomic E-state index is 0.0306. The molecule has 1 fully saturated rings. The molecular formula is C21H26N2O5. The van der Waals surface area contributed by atoms with Crippen LogP contribution in [-0.4, -0.2) is 29.5 Å². The molecule has 1 saturated carbocycles. The Kier molecular flexibility index (Phi) is 5.45. The lowest BCUT2D eigenvalue weighted by molar-refractivity contribution is -0.148. The highest BCUT2D eigenvalue weighted by atomic mass is 16.5. The van der Waals surface area contributed by atoms with Crippen molar-refractivity contribution in [3.8, 4) is 5.75 Å². The van der Waals surface area contributed by atoms with Crippen molar-refractivity contribution in [3.63, 3.8) is 0 Å². The van der Waals surface area contributed by atoms with Crippen molar-refractivity contribution in [3.05, 3.63) is 42.0 Å². The van der Waals surface area contributed by atoms with Crippen molar-refractivity contribution in [1.29, 1.82) is 0 Å². The van der Waals surface area contributed by atoms with Crippen LogP contribution in [0.5, 0.6) is 5.75 Å². The molecule has 0 saturated heterocycles. The first-order chi connectivity index (χ1) is 13.2. The number of carbonyl (C=O) groups is 3. The fraction of sp³-hybridized carbons (Fsp3) is 0.476. The van der Waals surface area contributed by atoms with Crippen LogP contribution in [0.25, 0.3) is 0 Å². The van der Waals surface area contributed by atoms with Gasteiger partial charge in [0, 0.05) is 0 Å². The summed E-state index contributed by atoms with van der Waals surface area (Å²) in [5.41, 5.74) is 5.83. The number of rotatable bonds is 5. The summed E-state index contributed by atoms with van der Waals surface area (Å²) in [6, 6.07) is 7.49. The van der Waals surface area contributed by atoms with Gasteiger partial charge in [0.1, 0.15) is 5.75 Å². The zero-order valence-electron chi connectivity index (χ0n) is 16.3. The van der Waals surface area contributed by atoms with Crippen molar-refractivity contribution >= 4 is 17.8 Å². The topological polar surface area (TPSA) is 105 Å². The molecule has 7 nitrogen and oxygen atoms in total. The molecule has 0 aliphatic heterocycles. The van der Waals surface area contributed by atoms with E-state index in [1.165, 1.54) is 0 Å². The van der Waals surface area contributed by atoms with Gasteiger partial charge in [0.15, 0.2) is 6.61 Å². The van der Waals surface area contributed by atoms with Gasteiger partial charge in [0.2, 0.25) is 5.91 Å². The third-order valence-corrected chi connectivity index (χ3v) is 5.46. The van der Waals surface area contributed by atoms with Crippen LogP contribution in [-0.2, 0) is 19.8 Å². The minimum Gasteiger partial charge on any atom is -0.484 e. The predicted octanol–water partition coefficient (Wildman–Crippen LogP) is 2.03. The summed E-state index contributed by atoms with van der Waals surface area (Å²) in [4.78, 5) is 35.8. The van der Waals surface area contributed by atoms with Crippen LogP contribution >= 0.6 is 0 Å². The highest BCUT2D eigenvalue weighted by Gasteiger charge is 2.51. The Morgan fingerprint density at radius 3 is 2.21 bits per heavy atom. The number of ether oxygens (including phenoxy) is 1. The average molecular weight is 386 g/mol. The highest BCUT2D eigenvalue weighted by Crippen LogP contribution is 2.48. The molecule has 2 bridgehead atoms. The Labute approximate surface area is 164 Å². The zero-order chi connectivity index (χ0) is 20.5. The van der Waals surface area contributed by atoms with E-state index in [9.17, 15) is 19.5 Å². The van der Waals surface area contributed by atoms with Crippen molar-refractivity contribution < 1.29 is 24.2 Å². The number of aliphatic carboxylic acids is 1. The van der Waals surface area contributed by atoms with Crippen LogP contribution in [0.2, 0.25) is 0 Å². The van der Waals surface area contributed by atoms with Gasteiger partial charge in [-0.25, -0.2) is 0 Å². The summed E-state index contributed by atoms with van der Waals surface area (Å²) in [6.45, 7) is 6.08. The second kappa shape index (κ2) is 7.66. The fourth-order valence-corrected chi connectivity index (χ4v) is 3.97. The van der Waals surface area contributed by atoms with Crippen LogP contribution in [0.4, 0.5) is 0 Å². The Bertz CT molecular complexity index is 794. The summed E-state index contributed by atoms with van der Waals surface area (Å²) in [6.07, 6.45) is 4.42.